The topological polar surface area (TPSA) is 20.2 Å². The molecule has 1 N–H and O–H groups in total. The molecule has 1 aliphatic rings. The van der Waals surface area contributed by atoms with E-state index in [0.717, 1.165) is 19.5 Å². The van der Waals surface area contributed by atoms with Crippen LogP contribution in [-0.2, 0) is 0 Å². The summed E-state index contributed by atoms with van der Waals surface area (Å²) in [6.07, 6.45) is 3.84. The normalized spacial score (nSPS) is 20.2. The van der Waals surface area contributed by atoms with Crippen molar-refractivity contribution in [1.29, 1.82) is 0 Å². The molecule has 0 aromatic rings. The first kappa shape index (κ1) is 8.56. The fourth-order valence-electron chi connectivity index (χ4n) is 0.651. The Labute approximate surface area is 76.0 Å². The number of aliphatic hydroxyl groups excluding tert-OH is 1. The average molecular weight is 272 g/mol. The SMILES string of the molecule is OCC1=CC=C(Cl)C[I-]C1. The van der Waals surface area contributed by atoms with Gasteiger partial charge >= 0.3 is 76.1 Å². The fourth-order valence-corrected chi connectivity index (χ4v) is 3.42. The number of alkyl halides is 2. The number of hydrogen-bond acceptors (Lipinski definition) is 1. The van der Waals surface area contributed by atoms with Crippen molar-refractivity contribution >= 4 is 11.6 Å². The van der Waals surface area contributed by atoms with Gasteiger partial charge in [-0.15, -0.1) is 0 Å². The number of halogens is 2. The molecule has 0 fully saturated rings. The van der Waals surface area contributed by atoms with Gasteiger partial charge in [-0.25, -0.2) is 0 Å². The van der Waals surface area contributed by atoms with Crippen LogP contribution in [0.3, 0.4) is 0 Å². The van der Waals surface area contributed by atoms with Crippen molar-refractivity contribution in [2.24, 2.45) is 0 Å². The second-order valence-corrected chi connectivity index (χ2v) is 5.14. The quantitative estimate of drug-likeness (QED) is 0.438. The number of aliphatic hydroxyl groups is 1. The van der Waals surface area contributed by atoms with E-state index in [-0.39, 0.29) is 27.8 Å². The van der Waals surface area contributed by atoms with E-state index >= 15 is 0 Å². The second kappa shape index (κ2) is 4.36. The van der Waals surface area contributed by atoms with Crippen LogP contribution in [0.4, 0.5) is 0 Å². The Kier molecular flexibility index (Phi) is 3.73. The molecule has 0 amide bonds. The molecular weight excluding hydrogens is 262 g/mol. The first-order chi connectivity index (χ1) is 4.83. The molecule has 0 saturated carbocycles. The van der Waals surface area contributed by atoms with E-state index in [1.54, 1.807) is 0 Å². The van der Waals surface area contributed by atoms with Gasteiger partial charge < -0.3 is 0 Å². The first-order valence-electron chi connectivity index (χ1n) is 3.01. The van der Waals surface area contributed by atoms with E-state index in [1.165, 1.54) is 0 Å². The van der Waals surface area contributed by atoms with Crippen LogP contribution in [0.2, 0.25) is 0 Å². The molecule has 0 unspecified atom stereocenters. The molecule has 0 aromatic carbocycles. The minimum absolute atomic E-state index is 0.172. The molecule has 0 aromatic heterocycles. The Morgan fingerprint density at radius 3 is 3.00 bits per heavy atom. The predicted molar refractivity (Wildman–Crippen MR) is 38.8 cm³/mol. The summed E-state index contributed by atoms with van der Waals surface area (Å²) in [4.78, 5) is 0. The zero-order chi connectivity index (χ0) is 7.40. The van der Waals surface area contributed by atoms with Crippen molar-refractivity contribution in [3.8, 4) is 0 Å². The van der Waals surface area contributed by atoms with Crippen LogP contribution >= 0.6 is 11.6 Å². The third-order valence-electron chi connectivity index (χ3n) is 1.19. The third-order valence-corrected chi connectivity index (χ3v) is 4.78. The van der Waals surface area contributed by atoms with E-state index in [2.05, 4.69) is 0 Å². The summed E-state index contributed by atoms with van der Waals surface area (Å²) in [7, 11) is 0. The third kappa shape index (κ3) is 2.60. The number of hydrogen-bond donors (Lipinski definition) is 1. The van der Waals surface area contributed by atoms with E-state index in [4.69, 9.17) is 16.7 Å². The average Bonchev–Trinajstić information content (AvgIpc) is 2.14. The molecule has 0 spiro atoms. The molecule has 0 aliphatic carbocycles. The van der Waals surface area contributed by atoms with Crippen molar-refractivity contribution in [3.05, 3.63) is 22.8 Å². The molecule has 1 rings (SSSR count). The Morgan fingerprint density at radius 2 is 2.30 bits per heavy atom. The molecular formula is C7H9ClIO-. The molecule has 0 radical (unpaired) electrons. The van der Waals surface area contributed by atoms with Crippen LogP contribution in [0, 0.1) is 0 Å². The summed E-state index contributed by atoms with van der Waals surface area (Å²) in [5.41, 5.74) is 1.13. The summed E-state index contributed by atoms with van der Waals surface area (Å²) < 4.78 is 2.14. The molecule has 3 heteroatoms. The molecule has 1 nitrogen and oxygen atoms in total. The van der Waals surface area contributed by atoms with Gasteiger partial charge in [0.2, 0.25) is 0 Å². The number of rotatable bonds is 1. The monoisotopic (exact) mass is 271 g/mol. The standard InChI is InChI=1S/C7H9ClIO/c8-7-2-1-6(5-10)3-9-4-7/h1-2,10H,3-5H2/q-1. The predicted octanol–water partition coefficient (Wildman–Crippen LogP) is -1.87. The van der Waals surface area contributed by atoms with E-state index in [9.17, 15) is 0 Å². The Hall–Kier alpha value is 0.460. The molecule has 58 valence electrons. The van der Waals surface area contributed by atoms with Crippen molar-refractivity contribution < 1.29 is 26.3 Å². The summed E-state index contributed by atoms with van der Waals surface area (Å²) in [6.45, 7) is 0.195. The van der Waals surface area contributed by atoms with Crippen LogP contribution in [0.1, 0.15) is 0 Å². The maximum absolute atomic E-state index is 8.78. The summed E-state index contributed by atoms with van der Waals surface area (Å²) >= 11 is 5.98. The first-order valence-corrected chi connectivity index (χ1v) is 6.44. The summed E-state index contributed by atoms with van der Waals surface area (Å²) in [6, 6.07) is 0. The van der Waals surface area contributed by atoms with Crippen molar-refractivity contribution in [3.63, 3.8) is 0 Å². The van der Waals surface area contributed by atoms with E-state index in [0.29, 0.717) is 0 Å². The van der Waals surface area contributed by atoms with Crippen molar-refractivity contribution in [2.45, 2.75) is 0 Å². The summed E-state index contributed by atoms with van der Waals surface area (Å²) in [5.74, 6) is 0. The van der Waals surface area contributed by atoms with Crippen LogP contribution < -0.4 is 21.2 Å². The second-order valence-electron chi connectivity index (χ2n) is 2.05. The molecule has 1 aliphatic heterocycles. The van der Waals surface area contributed by atoms with Crippen molar-refractivity contribution in [2.75, 3.05) is 15.5 Å². The van der Waals surface area contributed by atoms with Gasteiger partial charge in [0, 0.05) is 0 Å². The Morgan fingerprint density at radius 1 is 1.50 bits per heavy atom. The van der Waals surface area contributed by atoms with Gasteiger partial charge in [0.1, 0.15) is 0 Å². The molecule has 10 heavy (non-hydrogen) atoms. The molecule has 0 saturated heterocycles. The van der Waals surface area contributed by atoms with E-state index < -0.39 is 0 Å². The van der Waals surface area contributed by atoms with Gasteiger partial charge in [0.05, 0.1) is 0 Å². The van der Waals surface area contributed by atoms with Gasteiger partial charge in [-0.2, -0.15) is 0 Å². The molecule has 0 bridgehead atoms. The minimum atomic E-state index is 0.172. The molecule has 1 heterocycles. The van der Waals surface area contributed by atoms with Crippen molar-refractivity contribution in [1.82, 2.24) is 0 Å². The van der Waals surface area contributed by atoms with Crippen LogP contribution in [0.15, 0.2) is 22.8 Å². The zero-order valence-corrected chi connectivity index (χ0v) is 8.39. The van der Waals surface area contributed by atoms with Gasteiger partial charge in [-0.1, -0.05) is 0 Å². The van der Waals surface area contributed by atoms with Crippen LogP contribution in [0.25, 0.3) is 0 Å². The number of allylic oxidation sites excluding steroid dienone is 3. The van der Waals surface area contributed by atoms with Crippen LogP contribution in [0.5, 0.6) is 0 Å². The maximum atomic E-state index is 8.78. The van der Waals surface area contributed by atoms with Gasteiger partial charge in [-0.3, -0.25) is 0 Å². The van der Waals surface area contributed by atoms with Gasteiger partial charge in [-0.05, 0) is 0 Å². The fraction of sp³-hybridized carbons (Fsp3) is 0.429. The zero-order valence-electron chi connectivity index (χ0n) is 5.48. The van der Waals surface area contributed by atoms with Gasteiger partial charge in [0.25, 0.3) is 0 Å². The van der Waals surface area contributed by atoms with E-state index in [1.807, 2.05) is 12.2 Å². The van der Waals surface area contributed by atoms with Crippen LogP contribution in [-0.4, -0.2) is 20.6 Å². The van der Waals surface area contributed by atoms with Gasteiger partial charge in [0.15, 0.2) is 0 Å². The Bertz CT molecular complexity index is 174. The Balaban J connectivity index is 2.60. The molecule has 0 atom stereocenters. The summed E-state index contributed by atoms with van der Waals surface area (Å²) in [5, 5.41) is 9.72.